The number of hydrogen-bond donors (Lipinski definition) is 1. The summed E-state index contributed by atoms with van der Waals surface area (Å²) in [6.07, 6.45) is 6.35. The third kappa shape index (κ3) is 4.13. The van der Waals surface area contributed by atoms with Crippen LogP contribution in [0.5, 0.6) is 0 Å². The van der Waals surface area contributed by atoms with Gasteiger partial charge in [-0.15, -0.1) is 5.10 Å². The molecule has 1 saturated heterocycles. The molecule has 3 heterocycles. The predicted octanol–water partition coefficient (Wildman–Crippen LogP) is 1.75. The highest BCUT2D eigenvalue weighted by Gasteiger charge is 2.31. The molecule has 8 heteroatoms. The van der Waals surface area contributed by atoms with Crippen LogP contribution < -0.4 is 5.32 Å². The Morgan fingerprint density at radius 3 is 2.69 bits per heavy atom. The van der Waals surface area contributed by atoms with Crippen LogP contribution in [0.15, 0.2) is 36.7 Å². The Hall–Kier alpha value is -2.84. The van der Waals surface area contributed by atoms with Crippen LogP contribution in [0.4, 0.5) is 5.82 Å². The van der Waals surface area contributed by atoms with Gasteiger partial charge in [0.25, 0.3) is 0 Å². The number of piperazine rings is 1. The van der Waals surface area contributed by atoms with E-state index in [1.807, 2.05) is 37.5 Å². The maximum Gasteiger partial charge on any atom is 0.239 e. The number of benzene rings is 1. The van der Waals surface area contributed by atoms with Gasteiger partial charge < -0.3 is 5.32 Å². The lowest BCUT2D eigenvalue weighted by molar-refractivity contribution is -0.117. The van der Waals surface area contributed by atoms with Crippen molar-refractivity contribution < 1.29 is 4.79 Å². The maximum absolute atomic E-state index is 12.5. The summed E-state index contributed by atoms with van der Waals surface area (Å²) < 4.78 is 1.68. The quantitative estimate of drug-likeness (QED) is 0.714. The normalized spacial score (nSPS) is 18.2. The summed E-state index contributed by atoms with van der Waals surface area (Å²) in [5, 5.41) is 13.1. The molecule has 2 fully saturated rings. The molecule has 1 amide bonds. The fourth-order valence-corrected chi connectivity index (χ4v) is 3.96. The first-order valence-corrected chi connectivity index (χ1v) is 10.2. The molecule has 5 rings (SSSR count). The smallest absolute Gasteiger partial charge is 0.239 e. The van der Waals surface area contributed by atoms with Gasteiger partial charge in [-0.1, -0.05) is 17.3 Å². The Labute approximate surface area is 169 Å². The van der Waals surface area contributed by atoms with Gasteiger partial charge in [-0.05, 0) is 30.4 Å². The second-order valence-corrected chi connectivity index (χ2v) is 8.00. The highest BCUT2D eigenvalue weighted by Crippen LogP contribution is 2.27. The molecule has 3 aromatic rings. The molecule has 0 unspecified atom stereocenters. The van der Waals surface area contributed by atoms with Gasteiger partial charge in [-0.3, -0.25) is 19.3 Å². The zero-order valence-corrected chi connectivity index (χ0v) is 16.6. The second-order valence-electron chi connectivity index (χ2n) is 8.00. The van der Waals surface area contributed by atoms with E-state index < -0.39 is 0 Å². The zero-order valence-electron chi connectivity index (χ0n) is 16.6. The lowest BCUT2D eigenvalue weighted by Gasteiger charge is -2.34. The molecule has 8 nitrogen and oxygen atoms in total. The van der Waals surface area contributed by atoms with Crippen LogP contribution in [0.3, 0.4) is 0 Å². The van der Waals surface area contributed by atoms with Crippen LogP contribution in [0.2, 0.25) is 0 Å². The van der Waals surface area contributed by atoms with Crippen LogP contribution in [-0.4, -0.2) is 74.5 Å². The van der Waals surface area contributed by atoms with Gasteiger partial charge in [-0.25, -0.2) is 4.98 Å². The van der Waals surface area contributed by atoms with Gasteiger partial charge in [-0.2, -0.15) is 0 Å². The number of nitrogens with zero attached hydrogens (tertiary/aromatic N) is 6. The van der Waals surface area contributed by atoms with Gasteiger partial charge in [0.05, 0.1) is 12.7 Å². The van der Waals surface area contributed by atoms with Crippen molar-refractivity contribution in [1.29, 1.82) is 0 Å². The summed E-state index contributed by atoms with van der Waals surface area (Å²) in [4.78, 5) is 21.7. The number of nitrogens with one attached hydrogen (secondary N) is 1. The van der Waals surface area contributed by atoms with Gasteiger partial charge in [0.1, 0.15) is 11.5 Å². The number of aryl methyl sites for hydroxylation is 1. The minimum Gasteiger partial charge on any atom is -0.310 e. The number of amides is 1. The Bertz CT molecular complexity index is 1030. The molecular weight excluding hydrogens is 366 g/mol. The van der Waals surface area contributed by atoms with E-state index in [-0.39, 0.29) is 5.91 Å². The van der Waals surface area contributed by atoms with Crippen molar-refractivity contribution in [1.82, 2.24) is 29.8 Å². The minimum atomic E-state index is -0.0122. The number of carbonyl (C=O) groups is 1. The molecule has 0 spiro atoms. The monoisotopic (exact) mass is 391 g/mol. The number of pyridine rings is 1. The average molecular weight is 391 g/mol. The molecule has 0 radical (unpaired) electrons. The number of rotatable bonds is 5. The molecule has 150 valence electrons. The van der Waals surface area contributed by atoms with Crippen molar-refractivity contribution in [2.45, 2.75) is 18.9 Å². The minimum absolute atomic E-state index is 0.0122. The highest BCUT2D eigenvalue weighted by molar-refractivity contribution is 5.94. The van der Waals surface area contributed by atoms with Crippen LogP contribution in [0.25, 0.3) is 22.0 Å². The molecule has 1 aliphatic carbocycles. The Morgan fingerprint density at radius 2 is 1.97 bits per heavy atom. The summed E-state index contributed by atoms with van der Waals surface area (Å²) in [6.45, 7) is 4.46. The van der Waals surface area contributed by atoms with E-state index in [0.29, 0.717) is 12.4 Å². The summed E-state index contributed by atoms with van der Waals surface area (Å²) in [7, 11) is 1.85. The number of anilines is 1. The topological polar surface area (TPSA) is 79.2 Å². The van der Waals surface area contributed by atoms with Crippen molar-refractivity contribution >= 4 is 22.5 Å². The number of hydrogen-bond acceptors (Lipinski definition) is 6. The second kappa shape index (κ2) is 7.53. The van der Waals surface area contributed by atoms with Gasteiger partial charge in [0.15, 0.2) is 0 Å². The molecular formula is C21H25N7O. The number of fused-ring (bicyclic) bond motifs is 1. The summed E-state index contributed by atoms with van der Waals surface area (Å²) in [6, 6.07) is 8.79. The van der Waals surface area contributed by atoms with E-state index in [2.05, 4.69) is 30.4 Å². The fourth-order valence-electron chi connectivity index (χ4n) is 3.96. The van der Waals surface area contributed by atoms with Crippen molar-refractivity contribution in [3.63, 3.8) is 0 Å². The van der Waals surface area contributed by atoms with E-state index >= 15 is 0 Å². The first-order chi connectivity index (χ1) is 14.1. The van der Waals surface area contributed by atoms with Crippen molar-refractivity contribution in [2.24, 2.45) is 7.05 Å². The largest absolute Gasteiger partial charge is 0.310 e. The van der Waals surface area contributed by atoms with E-state index in [4.69, 9.17) is 0 Å². The lowest BCUT2D eigenvalue weighted by atomic mass is 10.1. The standard InChI is InChI=1S/C21H25N7O/c1-26-13-19(24-25-26)15-2-3-16-12-22-20(11-17(16)10-15)23-21(29)14-27-6-8-28(9-7-27)18-4-5-18/h2-3,10-13,18H,4-9,14H2,1H3,(H,22,23,29). The fraction of sp³-hybridized carbons (Fsp3) is 0.429. The van der Waals surface area contributed by atoms with Crippen LogP contribution in [0.1, 0.15) is 12.8 Å². The van der Waals surface area contributed by atoms with E-state index in [1.165, 1.54) is 12.8 Å². The average Bonchev–Trinajstić information content (AvgIpc) is 3.48. The maximum atomic E-state index is 12.5. The number of carbonyl (C=O) groups excluding carboxylic acids is 1. The molecule has 2 aliphatic rings. The summed E-state index contributed by atoms with van der Waals surface area (Å²) in [5.74, 6) is 0.567. The van der Waals surface area contributed by atoms with Gasteiger partial charge >= 0.3 is 0 Å². The SMILES string of the molecule is Cn1cc(-c2ccc3cnc(NC(=O)CN4CCN(C5CC5)CC4)cc3c2)nn1. The first kappa shape index (κ1) is 18.2. The highest BCUT2D eigenvalue weighted by atomic mass is 16.2. The molecule has 1 N–H and O–H groups in total. The van der Waals surface area contributed by atoms with E-state index in [1.54, 1.807) is 10.9 Å². The van der Waals surface area contributed by atoms with Crippen LogP contribution in [-0.2, 0) is 11.8 Å². The lowest BCUT2D eigenvalue weighted by Crippen LogP contribution is -2.49. The van der Waals surface area contributed by atoms with Gasteiger partial charge in [0, 0.05) is 56.4 Å². The molecule has 0 bridgehead atoms. The first-order valence-electron chi connectivity index (χ1n) is 10.2. The van der Waals surface area contributed by atoms with Crippen LogP contribution in [0, 0.1) is 0 Å². The van der Waals surface area contributed by atoms with E-state index in [0.717, 1.165) is 54.3 Å². The molecule has 1 saturated carbocycles. The zero-order chi connectivity index (χ0) is 19.8. The third-order valence-corrected chi connectivity index (χ3v) is 5.73. The molecule has 1 aliphatic heterocycles. The molecule has 29 heavy (non-hydrogen) atoms. The Morgan fingerprint density at radius 1 is 1.14 bits per heavy atom. The van der Waals surface area contributed by atoms with Crippen molar-refractivity contribution in [3.05, 3.63) is 36.7 Å². The molecule has 2 aromatic heterocycles. The van der Waals surface area contributed by atoms with Crippen LogP contribution >= 0.6 is 0 Å². The summed E-state index contributed by atoms with van der Waals surface area (Å²) >= 11 is 0. The van der Waals surface area contributed by atoms with E-state index in [9.17, 15) is 4.79 Å². The summed E-state index contributed by atoms with van der Waals surface area (Å²) in [5.41, 5.74) is 1.81. The van der Waals surface area contributed by atoms with Crippen molar-refractivity contribution in [2.75, 3.05) is 38.0 Å². The Kier molecular flexibility index (Phi) is 4.73. The molecule has 0 atom stereocenters. The molecule has 1 aromatic carbocycles. The third-order valence-electron chi connectivity index (χ3n) is 5.73. The van der Waals surface area contributed by atoms with Gasteiger partial charge in [0.2, 0.25) is 5.91 Å². The number of aromatic nitrogens is 4. The van der Waals surface area contributed by atoms with Crippen molar-refractivity contribution in [3.8, 4) is 11.3 Å². The predicted molar refractivity (Wildman–Crippen MR) is 111 cm³/mol. The Balaban J connectivity index is 1.24.